The van der Waals surface area contributed by atoms with E-state index in [0.29, 0.717) is 6.04 Å². The van der Waals surface area contributed by atoms with E-state index in [1.165, 1.54) is 27.7 Å². The van der Waals surface area contributed by atoms with Crippen LogP contribution in [0.25, 0.3) is 0 Å². The molecule has 0 aliphatic carbocycles. The molecule has 4 nitrogen and oxygen atoms in total. The highest BCUT2D eigenvalue weighted by Crippen LogP contribution is 2.49. The Morgan fingerprint density at radius 1 is 1.07 bits per heavy atom. The third kappa shape index (κ3) is 3.25. The Kier molecular flexibility index (Phi) is 5.15. The number of nitrogens with zero attached hydrogens (tertiary/aromatic N) is 4. The third-order valence-corrected chi connectivity index (χ3v) is 7.57. The van der Waals surface area contributed by atoms with Crippen molar-refractivity contribution < 1.29 is 0 Å². The topological polar surface area (TPSA) is 33.4 Å². The first kappa shape index (κ1) is 19.4. The van der Waals surface area contributed by atoms with Crippen molar-refractivity contribution in [2.75, 3.05) is 5.75 Å². The lowest BCUT2D eigenvalue weighted by Crippen LogP contribution is -2.35. The van der Waals surface area contributed by atoms with E-state index in [0.717, 1.165) is 24.4 Å². The highest BCUT2D eigenvalue weighted by atomic mass is 32.2. The predicted octanol–water partition coefficient (Wildman–Crippen LogP) is 5.53. The lowest BCUT2D eigenvalue weighted by Gasteiger charge is -2.32. The fourth-order valence-electron chi connectivity index (χ4n) is 4.82. The SMILES string of the molecule is CC[C@H]1CSC2=N[C@@H](c3ccccn3)[C@@H](c3cc(C)n(Cc4ccccc4)c3C)N21. The van der Waals surface area contributed by atoms with Crippen molar-refractivity contribution in [1.82, 2.24) is 14.5 Å². The quantitative estimate of drug-likeness (QED) is 0.548. The highest BCUT2D eigenvalue weighted by Gasteiger charge is 2.46. The molecule has 154 valence electrons. The monoisotopic (exact) mass is 416 g/mol. The molecule has 1 aromatic carbocycles. The van der Waals surface area contributed by atoms with Crippen molar-refractivity contribution in [2.24, 2.45) is 4.99 Å². The lowest BCUT2D eigenvalue weighted by molar-refractivity contribution is 0.254. The molecule has 2 aromatic heterocycles. The molecule has 30 heavy (non-hydrogen) atoms. The summed E-state index contributed by atoms with van der Waals surface area (Å²) in [6.45, 7) is 7.68. The van der Waals surface area contributed by atoms with Crippen molar-refractivity contribution in [1.29, 1.82) is 0 Å². The Bertz CT molecular complexity index is 1060. The van der Waals surface area contributed by atoms with Gasteiger partial charge in [0.25, 0.3) is 0 Å². The van der Waals surface area contributed by atoms with Gasteiger partial charge >= 0.3 is 0 Å². The van der Waals surface area contributed by atoms with Crippen LogP contribution in [0.15, 0.2) is 65.8 Å². The molecule has 2 aliphatic rings. The minimum absolute atomic E-state index is 0.0497. The smallest absolute Gasteiger partial charge is 0.160 e. The van der Waals surface area contributed by atoms with Crippen LogP contribution in [0.1, 0.15) is 53.6 Å². The number of pyridine rings is 1. The Balaban J connectivity index is 1.57. The van der Waals surface area contributed by atoms with Crippen LogP contribution < -0.4 is 0 Å². The molecule has 0 N–H and O–H groups in total. The molecule has 1 fully saturated rings. The summed E-state index contributed by atoms with van der Waals surface area (Å²) in [6, 6.07) is 20.1. The fourth-order valence-corrected chi connectivity index (χ4v) is 6.16. The van der Waals surface area contributed by atoms with Crippen LogP contribution >= 0.6 is 11.8 Å². The van der Waals surface area contributed by atoms with Crippen LogP contribution in [0.3, 0.4) is 0 Å². The highest BCUT2D eigenvalue weighted by molar-refractivity contribution is 8.14. The molecule has 0 bridgehead atoms. The third-order valence-electron chi connectivity index (χ3n) is 6.44. The van der Waals surface area contributed by atoms with Gasteiger partial charge in [0.05, 0.1) is 11.7 Å². The molecule has 0 amide bonds. The molecule has 2 aliphatic heterocycles. The van der Waals surface area contributed by atoms with Gasteiger partial charge in [0, 0.05) is 35.9 Å². The van der Waals surface area contributed by atoms with Gasteiger partial charge in [-0.3, -0.25) is 9.98 Å². The van der Waals surface area contributed by atoms with E-state index in [9.17, 15) is 0 Å². The van der Waals surface area contributed by atoms with E-state index in [1.807, 2.05) is 24.0 Å². The van der Waals surface area contributed by atoms with Crippen molar-refractivity contribution in [3.8, 4) is 0 Å². The lowest BCUT2D eigenvalue weighted by atomic mass is 9.95. The van der Waals surface area contributed by atoms with Gasteiger partial charge < -0.3 is 9.47 Å². The van der Waals surface area contributed by atoms with Crippen LogP contribution in [-0.2, 0) is 6.54 Å². The van der Waals surface area contributed by atoms with Crippen LogP contribution in [0.2, 0.25) is 0 Å². The van der Waals surface area contributed by atoms with Crippen LogP contribution in [-0.4, -0.2) is 31.4 Å². The molecule has 1 saturated heterocycles. The van der Waals surface area contributed by atoms with Crippen molar-refractivity contribution in [2.45, 2.75) is 51.9 Å². The standard InChI is InChI=1S/C25H28N4S/c1-4-20-16-30-25-27-23(22-12-8-9-13-26-22)24(29(20)25)21-14-17(2)28(18(21)3)15-19-10-6-5-7-11-19/h5-14,20,23-24H,4,15-16H2,1-3H3/t20-,23-,24+/m0/s1. The van der Waals surface area contributed by atoms with Gasteiger partial charge in [-0.15, -0.1) is 0 Å². The molecule has 5 heteroatoms. The van der Waals surface area contributed by atoms with Gasteiger partial charge in [0.1, 0.15) is 6.04 Å². The average Bonchev–Trinajstić information content (AvgIpc) is 3.43. The van der Waals surface area contributed by atoms with Gasteiger partial charge in [0.2, 0.25) is 0 Å². The van der Waals surface area contributed by atoms with Crippen LogP contribution in [0.5, 0.6) is 0 Å². The van der Waals surface area contributed by atoms with E-state index in [-0.39, 0.29) is 12.1 Å². The molecule has 5 rings (SSSR count). The zero-order valence-corrected chi connectivity index (χ0v) is 18.6. The van der Waals surface area contributed by atoms with E-state index < -0.39 is 0 Å². The van der Waals surface area contributed by atoms with Crippen molar-refractivity contribution in [3.63, 3.8) is 0 Å². The number of rotatable bonds is 5. The summed E-state index contributed by atoms with van der Waals surface area (Å²) in [5.41, 5.74) is 6.43. The largest absolute Gasteiger partial charge is 0.344 e. The molecule has 3 atom stereocenters. The molecule has 0 spiro atoms. The second-order valence-electron chi connectivity index (χ2n) is 8.23. The van der Waals surface area contributed by atoms with E-state index >= 15 is 0 Å². The molecule has 3 aromatic rings. The fraction of sp³-hybridized carbons (Fsp3) is 0.360. The molecular formula is C25H28N4S. The zero-order valence-electron chi connectivity index (χ0n) is 17.8. The Morgan fingerprint density at radius 2 is 1.87 bits per heavy atom. The maximum absolute atomic E-state index is 5.17. The first-order chi connectivity index (χ1) is 14.7. The molecule has 0 unspecified atom stereocenters. The minimum Gasteiger partial charge on any atom is -0.344 e. The predicted molar refractivity (Wildman–Crippen MR) is 125 cm³/mol. The van der Waals surface area contributed by atoms with Crippen molar-refractivity contribution >= 4 is 16.9 Å². The Morgan fingerprint density at radius 3 is 2.60 bits per heavy atom. The molecule has 0 saturated carbocycles. The molecule has 4 heterocycles. The number of amidine groups is 1. The number of thioether (sulfide) groups is 1. The van der Waals surface area contributed by atoms with Crippen LogP contribution in [0.4, 0.5) is 0 Å². The van der Waals surface area contributed by atoms with Gasteiger partial charge in [-0.25, -0.2) is 0 Å². The summed E-state index contributed by atoms with van der Waals surface area (Å²) >= 11 is 1.90. The number of aromatic nitrogens is 2. The number of aryl methyl sites for hydroxylation is 1. The van der Waals surface area contributed by atoms with Gasteiger partial charge in [-0.1, -0.05) is 55.1 Å². The van der Waals surface area contributed by atoms with E-state index in [4.69, 9.17) is 9.98 Å². The molecular weight excluding hydrogens is 388 g/mol. The summed E-state index contributed by atoms with van der Waals surface area (Å²) < 4.78 is 2.45. The number of fused-ring (bicyclic) bond motifs is 1. The van der Waals surface area contributed by atoms with Gasteiger partial charge in [-0.2, -0.15) is 0 Å². The van der Waals surface area contributed by atoms with Crippen LogP contribution in [0, 0.1) is 13.8 Å². The summed E-state index contributed by atoms with van der Waals surface area (Å²) in [6.07, 6.45) is 3.03. The second kappa shape index (κ2) is 7.95. The van der Waals surface area contributed by atoms with E-state index in [1.54, 1.807) is 0 Å². The summed E-state index contributed by atoms with van der Waals surface area (Å²) in [5, 5.41) is 1.19. The molecule has 0 radical (unpaired) electrons. The van der Waals surface area contributed by atoms with Gasteiger partial charge in [0.15, 0.2) is 5.17 Å². The number of hydrogen-bond acceptors (Lipinski definition) is 4. The maximum Gasteiger partial charge on any atom is 0.160 e. The maximum atomic E-state index is 5.17. The first-order valence-corrected chi connectivity index (χ1v) is 11.8. The Hall–Kier alpha value is -2.53. The number of hydrogen-bond donors (Lipinski definition) is 0. The number of aliphatic imine (C=N–C) groups is 1. The number of benzene rings is 1. The first-order valence-electron chi connectivity index (χ1n) is 10.8. The Labute approximate surface area is 183 Å². The van der Waals surface area contributed by atoms with E-state index in [2.05, 4.69) is 78.8 Å². The zero-order chi connectivity index (χ0) is 20.7. The second-order valence-corrected chi connectivity index (χ2v) is 9.22. The normalized spacial score (nSPS) is 23.0. The summed E-state index contributed by atoms with van der Waals surface area (Å²) in [7, 11) is 0. The van der Waals surface area contributed by atoms with Gasteiger partial charge in [-0.05, 0) is 49.6 Å². The summed E-state index contributed by atoms with van der Waals surface area (Å²) in [5.74, 6) is 1.13. The van der Waals surface area contributed by atoms with Crippen molar-refractivity contribution in [3.05, 3.63) is 89.0 Å². The summed E-state index contributed by atoms with van der Waals surface area (Å²) in [4.78, 5) is 12.4. The minimum atomic E-state index is 0.0497. The average molecular weight is 417 g/mol.